The van der Waals surface area contributed by atoms with Crippen LogP contribution in [0.4, 0.5) is 0 Å². The van der Waals surface area contributed by atoms with E-state index in [1.807, 2.05) is 54.6 Å². The Morgan fingerprint density at radius 1 is 1.05 bits per heavy atom. The molecule has 19 heavy (non-hydrogen) atoms. The number of hydrogen-bond donors (Lipinski definition) is 2. The van der Waals surface area contributed by atoms with Crippen molar-refractivity contribution in [2.24, 2.45) is 5.73 Å². The molecule has 0 aromatic heterocycles. The molecule has 100 valence electrons. The van der Waals surface area contributed by atoms with Crippen molar-refractivity contribution in [1.29, 1.82) is 0 Å². The van der Waals surface area contributed by atoms with E-state index in [4.69, 9.17) is 10.5 Å². The van der Waals surface area contributed by atoms with E-state index < -0.39 is 6.10 Å². The second-order valence-electron chi connectivity index (χ2n) is 4.61. The van der Waals surface area contributed by atoms with E-state index in [0.717, 1.165) is 16.9 Å². The standard InChI is InChI=1S/C16H19NO2/c1-12(18)16(17)14-7-9-15(10-8-14)19-11-13-5-3-2-4-6-13/h2-10,12,16,18H,11,17H2,1H3/t12-,16-/m0/s1. The Balaban J connectivity index is 1.96. The van der Waals surface area contributed by atoms with Crippen molar-refractivity contribution in [3.05, 3.63) is 65.7 Å². The zero-order chi connectivity index (χ0) is 13.7. The predicted octanol–water partition coefficient (Wildman–Crippen LogP) is 2.65. The number of aliphatic hydroxyl groups is 1. The summed E-state index contributed by atoms with van der Waals surface area (Å²) in [6.07, 6.45) is -0.559. The molecule has 0 aliphatic heterocycles. The molecule has 3 nitrogen and oxygen atoms in total. The predicted molar refractivity (Wildman–Crippen MR) is 75.8 cm³/mol. The zero-order valence-electron chi connectivity index (χ0n) is 11.0. The largest absolute Gasteiger partial charge is 0.489 e. The average Bonchev–Trinajstić information content (AvgIpc) is 2.46. The van der Waals surface area contributed by atoms with Crippen LogP contribution in [0.3, 0.4) is 0 Å². The normalized spacial score (nSPS) is 13.8. The van der Waals surface area contributed by atoms with Gasteiger partial charge in [0.15, 0.2) is 0 Å². The molecule has 0 bridgehead atoms. The molecule has 0 unspecified atom stereocenters. The Morgan fingerprint density at radius 3 is 2.26 bits per heavy atom. The average molecular weight is 257 g/mol. The summed E-state index contributed by atoms with van der Waals surface area (Å²) < 4.78 is 5.68. The highest BCUT2D eigenvalue weighted by Gasteiger charge is 2.11. The van der Waals surface area contributed by atoms with Crippen LogP contribution in [0.25, 0.3) is 0 Å². The van der Waals surface area contributed by atoms with Gasteiger partial charge in [0.05, 0.1) is 12.1 Å². The van der Waals surface area contributed by atoms with Crippen LogP contribution in [-0.4, -0.2) is 11.2 Å². The first-order chi connectivity index (χ1) is 9.16. The van der Waals surface area contributed by atoms with Gasteiger partial charge in [-0.3, -0.25) is 0 Å². The number of aliphatic hydroxyl groups excluding tert-OH is 1. The Labute approximate surface area is 113 Å². The van der Waals surface area contributed by atoms with Crippen LogP contribution in [0, 0.1) is 0 Å². The molecule has 0 spiro atoms. The van der Waals surface area contributed by atoms with Crippen molar-refractivity contribution in [3.8, 4) is 5.75 Å². The summed E-state index contributed by atoms with van der Waals surface area (Å²) in [6.45, 7) is 2.23. The van der Waals surface area contributed by atoms with E-state index in [-0.39, 0.29) is 6.04 Å². The summed E-state index contributed by atoms with van der Waals surface area (Å²) in [5, 5.41) is 9.44. The molecule has 2 rings (SSSR count). The minimum atomic E-state index is -0.559. The van der Waals surface area contributed by atoms with Gasteiger partial charge in [0, 0.05) is 0 Å². The summed E-state index contributed by atoms with van der Waals surface area (Å²) in [6, 6.07) is 17.2. The van der Waals surface area contributed by atoms with Crippen LogP contribution in [-0.2, 0) is 6.61 Å². The van der Waals surface area contributed by atoms with Crippen molar-refractivity contribution < 1.29 is 9.84 Å². The Kier molecular flexibility index (Phi) is 4.55. The maximum atomic E-state index is 9.44. The number of ether oxygens (including phenoxy) is 1. The molecule has 0 saturated heterocycles. The number of benzene rings is 2. The molecule has 2 aromatic rings. The van der Waals surface area contributed by atoms with Crippen LogP contribution in [0.1, 0.15) is 24.1 Å². The molecular formula is C16H19NO2. The van der Waals surface area contributed by atoms with Gasteiger partial charge >= 0.3 is 0 Å². The highest BCUT2D eigenvalue weighted by atomic mass is 16.5. The topological polar surface area (TPSA) is 55.5 Å². The van der Waals surface area contributed by atoms with Gasteiger partial charge in [0.1, 0.15) is 12.4 Å². The first-order valence-electron chi connectivity index (χ1n) is 6.37. The van der Waals surface area contributed by atoms with E-state index >= 15 is 0 Å². The molecule has 3 N–H and O–H groups in total. The maximum absolute atomic E-state index is 9.44. The van der Waals surface area contributed by atoms with Crippen LogP contribution < -0.4 is 10.5 Å². The van der Waals surface area contributed by atoms with Crippen LogP contribution in [0.5, 0.6) is 5.75 Å². The Morgan fingerprint density at radius 2 is 1.68 bits per heavy atom. The molecule has 0 heterocycles. The van der Waals surface area contributed by atoms with E-state index in [1.165, 1.54) is 0 Å². The molecule has 0 aliphatic rings. The fraction of sp³-hybridized carbons (Fsp3) is 0.250. The molecule has 3 heteroatoms. The van der Waals surface area contributed by atoms with Crippen molar-refractivity contribution >= 4 is 0 Å². The van der Waals surface area contributed by atoms with Crippen LogP contribution >= 0.6 is 0 Å². The summed E-state index contributed by atoms with van der Waals surface area (Å²) in [5.41, 5.74) is 7.90. The number of hydrogen-bond acceptors (Lipinski definition) is 3. The number of nitrogens with two attached hydrogens (primary N) is 1. The Hall–Kier alpha value is -1.84. The first kappa shape index (κ1) is 13.6. The summed E-state index contributed by atoms with van der Waals surface area (Å²) in [7, 11) is 0. The molecule has 0 radical (unpaired) electrons. The van der Waals surface area contributed by atoms with E-state index in [0.29, 0.717) is 6.61 Å². The third-order valence-electron chi connectivity index (χ3n) is 3.03. The van der Waals surface area contributed by atoms with Gasteiger partial charge in [-0.05, 0) is 30.2 Å². The van der Waals surface area contributed by atoms with Crippen molar-refractivity contribution in [2.45, 2.75) is 25.7 Å². The van der Waals surface area contributed by atoms with Crippen molar-refractivity contribution in [1.82, 2.24) is 0 Å². The van der Waals surface area contributed by atoms with Crippen molar-refractivity contribution in [2.75, 3.05) is 0 Å². The van der Waals surface area contributed by atoms with Gasteiger partial charge in [-0.25, -0.2) is 0 Å². The van der Waals surface area contributed by atoms with Gasteiger partial charge in [0.25, 0.3) is 0 Å². The second kappa shape index (κ2) is 6.36. The van der Waals surface area contributed by atoms with Gasteiger partial charge in [-0.1, -0.05) is 42.5 Å². The van der Waals surface area contributed by atoms with Gasteiger partial charge in [0.2, 0.25) is 0 Å². The SMILES string of the molecule is C[C@H](O)[C@H](N)c1ccc(OCc2ccccc2)cc1. The highest BCUT2D eigenvalue weighted by Crippen LogP contribution is 2.19. The quantitative estimate of drug-likeness (QED) is 0.865. The Bertz CT molecular complexity index is 494. The van der Waals surface area contributed by atoms with E-state index in [1.54, 1.807) is 6.92 Å². The fourth-order valence-corrected chi connectivity index (χ4v) is 1.81. The minimum Gasteiger partial charge on any atom is -0.489 e. The number of rotatable bonds is 5. The smallest absolute Gasteiger partial charge is 0.119 e. The van der Waals surface area contributed by atoms with E-state index in [9.17, 15) is 5.11 Å². The molecule has 2 atom stereocenters. The monoisotopic (exact) mass is 257 g/mol. The highest BCUT2D eigenvalue weighted by molar-refractivity contribution is 5.29. The molecule has 2 aromatic carbocycles. The summed E-state index contributed by atoms with van der Waals surface area (Å²) in [5.74, 6) is 0.797. The molecular weight excluding hydrogens is 238 g/mol. The zero-order valence-corrected chi connectivity index (χ0v) is 11.0. The molecule has 0 saturated carbocycles. The summed E-state index contributed by atoms with van der Waals surface area (Å²) in [4.78, 5) is 0. The minimum absolute atomic E-state index is 0.358. The molecule has 0 aliphatic carbocycles. The maximum Gasteiger partial charge on any atom is 0.119 e. The first-order valence-corrected chi connectivity index (χ1v) is 6.37. The van der Waals surface area contributed by atoms with Gasteiger partial charge in [-0.15, -0.1) is 0 Å². The summed E-state index contributed by atoms with van der Waals surface area (Å²) >= 11 is 0. The van der Waals surface area contributed by atoms with Crippen molar-refractivity contribution in [3.63, 3.8) is 0 Å². The van der Waals surface area contributed by atoms with Crippen LogP contribution in [0.2, 0.25) is 0 Å². The molecule has 0 fully saturated rings. The van der Waals surface area contributed by atoms with E-state index in [2.05, 4.69) is 0 Å². The lowest BCUT2D eigenvalue weighted by Crippen LogP contribution is -2.22. The fourth-order valence-electron chi connectivity index (χ4n) is 1.81. The lowest BCUT2D eigenvalue weighted by atomic mass is 10.0. The lowest BCUT2D eigenvalue weighted by molar-refractivity contribution is 0.164. The lowest BCUT2D eigenvalue weighted by Gasteiger charge is -2.15. The van der Waals surface area contributed by atoms with Gasteiger partial charge in [-0.2, -0.15) is 0 Å². The second-order valence-corrected chi connectivity index (χ2v) is 4.61. The molecule has 0 amide bonds. The third-order valence-corrected chi connectivity index (χ3v) is 3.03. The third kappa shape index (κ3) is 3.81. The van der Waals surface area contributed by atoms with Gasteiger partial charge < -0.3 is 15.6 Å². The van der Waals surface area contributed by atoms with Crippen LogP contribution in [0.15, 0.2) is 54.6 Å².